The van der Waals surface area contributed by atoms with Crippen molar-refractivity contribution in [1.29, 1.82) is 0 Å². The van der Waals surface area contributed by atoms with Crippen LogP contribution in [0, 0.1) is 23.5 Å². The van der Waals surface area contributed by atoms with Gasteiger partial charge < -0.3 is 39.1 Å². The number of likely N-dealkylation sites (tertiary alicyclic amines) is 2. The third-order valence-corrected chi connectivity index (χ3v) is 10.7. The highest BCUT2D eigenvalue weighted by atomic mass is 19.2. The van der Waals surface area contributed by atoms with E-state index in [1.165, 1.54) is 25.4 Å². The molecule has 0 spiro atoms. The third kappa shape index (κ3) is 10.4. The number of methoxy groups -OCH3 is 1. The molecule has 2 fully saturated rings. The van der Waals surface area contributed by atoms with Crippen molar-refractivity contribution < 1.29 is 41.9 Å². The average molecular weight is 834 g/mol. The number of ether oxygens (including phenoxy) is 3. The Kier molecular flexibility index (Phi) is 12.9. The van der Waals surface area contributed by atoms with E-state index in [1.807, 2.05) is 54.5 Å². The molecule has 0 unspecified atom stereocenters. The summed E-state index contributed by atoms with van der Waals surface area (Å²) in [4.78, 5) is 51.2. The van der Waals surface area contributed by atoms with E-state index >= 15 is 4.39 Å². The van der Waals surface area contributed by atoms with Gasteiger partial charge in [-0.1, -0.05) is 6.92 Å². The maximum atomic E-state index is 15.0. The molecule has 2 aliphatic rings. The van der Waals surface area contributed by atoms with E-state index in [0.29, 0.717) is 79.4 Å². The lowest BCUT2D eigenvalue weighted by Gasteiger charge is -2.48. The Hall–Kier alpha value is -5.51. The summed E-state index contributed by atoms with van der Waals surface area (Å²) >= 11 is 0. The quantitative estimate of drug-likeness (QED) is 0.0991. The number of imidazole rings is 1. The Labute approximate surface area is 350 Å². The van der Waals surface area contributed by atoms with Crippen LogP contribution in [-0.2, 0) is 15.9 Å². The molecule has 14 nitrogen and oxygen atoms in total. The second-order valence-corrected chi connectivity index (χ2v) is 18.2. The van der Waals surface area contributed by atoms with Crippen LogP contribution in [0.15, 0.2) is 48.9 Å². The van der Waals surface area contributed by atoms with Crippen LogP contribution in [-0.4, -0.2) is 124 Å². The van der Waals surface area contributed by atoms with Crippen molar-refractivity contribution in [2.45, 2.75) is 72.5 Å². The van der Waals surface area contributed by atoms with E-state index in [-0.39, 0.29) is 29.4 Å². The summed E-state index contributed by atoms with van der Waals surface area (Å²) in [6.07, 6.45) is 5.38. The second kappa shape index (κ2) is 17.6. The van der Waals surface area contributed by atoms with Gasteiger partial charge in [-0.2, -0.15) is 4.39 Å². The van der Waals surface area contributed by atoms with Crippen LogP contribution < -0.4 is 15.4 Å². The molecule has 2 saturated heterocycles. The van der Waals surface area contributed by atoms with Crippen molar-refractivity contribution >= 4 is 35.2 Å². The fraction of sp³-hybridized carbons (Fsp3) is 0.523. The molecule has 4 aromatic rings. The predicted molar refractivity (Wildman–Crippen MR) is 224 cm³/mol. The number of aryl methyl sites for hydroxylation is 1. The first-order valence-corrected chi connectivity index (χ1v) is 20.6. The Morgan fingerprint density at radius 1 is 0.883 bits per heavy atom. The van der Waals surface area contributed by atoms with Crippen LogP contribution in [0.5, 0.6) is 5.75 Å². The zero-order valence-corrected chi connectivity index (χ0v) is 36.2. The zero-order valence-electron chi connectivity index (χ0n) is 36.2. The summed E-state index contributed by atoms with van der Waals surface area (Å²) in [5.74, 6) is -1.44. The van der Waals surface area contributed by atoms with E-state index in [2.05, 4.69) is 27.6 Å². The van der Waals surface area contributed by atoms with E-state index in [4.69, 9.17) is 14.2 Å². The van der Waals surface area contributed by atoms with Crippen molar-refractivity contribution in [3.63, 3.8) is 0 Å². The number of nitrogens with one attached hydrogen (secondary N) is 2. The smallest absolute Gasteiger partial charge is 0.410 e. The monoisotopic (exact) mass is 833 g/mol. The normalized spacial score (nSPS) is 15.1. The summed E-state index contributed by atoms with van der Waals surface area (Å²) in [5, 5.41) is 6.40. The summed E-state index contributed by atoms with van der Waals surface area (Å²) in [7, 11) is 3.50. The summed E-state index contributed by atoms with van der Waals surface area (Å²) in [6, 6.07) is 8.29. The van der Waals surface area contributed by atoms with E-state index in [9.17, 15) is 18.8 Å². The Morgan fingerprint density at radius 2 is 1.50 bits per heavy atom. The number of aromatic nitrogens is 3. The number of carbonyl (C=O) groups is 3. The van der Waals surface area contributed by atoms with Gasteiger partial charge in [0.15, 0.2) is 23.0 Å². The highest BCUT2D eigenvalue weighted by Gasteiger charge is 2.42. The standard InChI is InChI=1S/C44H58F2N8O6/c1-10-30-20-31(50-38-39-49-21-34(53(39)18-17-47-38)33-14-15-35(58-9)37(46)36(33)45)12-13-32(30)40(55)48-16-11-19-54(8,26-28-22-51(23-28)41(56)59-43(2,3)4)27-29-24-52(25-29)42(57)60-44(5,6)7/h12-15,17-18,20-21,28-29H,10-11,16,19,22-27H2,1-9H3,(H-,47,48,50,55)/p+1. The van der Waals surface area contributed by atoms with Crippen LogP contribution in [0.4, 0.5) is 29.9 Å². The van der Waals surface area contributed by atoms with Crippen molar-refractivity contribution in [2.75, 3.05) is 71.8 Å². The lowest BCUT2D eigenvalue weighted by Crippen LogP contribution is -2.63. The van der Waals surface area contributed by atoms with Gasteiger partial charge in [0, 0.05) is 80.2 Å². The molecule has 6 rings (SSSR count). The highest BCUT2D eigenvalue weighted by Crippen LogP contribution is 2.32. The number of rotatable bonds is 14. The Morgan fingerprint density at radius 3 is 2.07 bits per heavy atom. The average Bonchev–Trinajstić information content (AvgIpc) is 3.57. The van der Waals surface area contributed by atoms with Crippen LogP contribution in [0.3, 0.4) is 0 Å². The molecule has 2 aromatic carbocycles. The largest absolute Gasteiger partial charge is 0.494 e. The Balaban J connectivity index is 1.07. The number of halogens is 2. The molecule has 0 atom stereocenters. The first kappa shape index (κ1) is 44.1. The van der Waals surface area contributed by atoms with Gasteiger partial charge in [0.1, 0.15) is 11.2 Å². The number of benzene rings is 2. The van der Waals surface area contributed by atoms with Crippen LogP contribution in [0.2, 0.25) is 0 Å². The molecular weight excluding hydrogens is 775 g/mol. The predicted octanol–water partition coefficient (Wildman–Crippen LogP) is 7.29. The van der Waals surface area contributed by atoms with Crippen molar-refractivity contribution in [1.82, 2.24) is 29.5 Å². The molecule has 2 aromatic heterocycles. The van der Waals surface area contributed by atoms with Gasteiger partial charge in [0.2, 0.25) is 5.82 Å². The second-order valence-electron chi connectivity index (χ2n) is 18.2. The molecule has 0 saturated carbocycles. The fourth-order valence-corrected chi connectivity index (χ4v) is 8.00. The number of nitrogens with zero attached hydrogens (tertiary/aromatic N) is 6. The lowest BCUT2D eigenvalue weighted by atomic mass is 9.95. The number of hydrogen-bond donors (Lipinski definition) is 2. The molecule has 2 N–H and O–H groups in total. The van der Waals surface area contributed by atoms with Gasteiger partial charge in [-0.3, -0.25) is 9.20 Å². The van der Waals surface area contributed by atoms with Crippen molar-refractivity contribution in [2.24, 2.45) is 11.8 Å². The number of amides is 3. The summed E-state index contributed by atoms with van der Waals surface area (Å²) in [6.45, 7) is 18.7. The highest BCUT2D eigenvalue weighted by molar-refractivity contribution is 5.96. The van der Waals surface area contributed by atoms with E-state index < -0.39 is 22.8 Å². The first-order valence-electron chi connectivity index (χ1n) is 20.6. The molecule has 0 radical (unpaired) electrons. The molecule has 60 heavy (non-hydrogen) atoms. The summed E-state index contributed by atoms with van der Waals surface area (Å²) < 4.78 is 48.0. The molecule has 4 heterocycles. The SMILES string of the molecule is CCc1cc(Nc2nccn3c(-c4ccc(OC)c(F)c4F)cnc23)ccc1C(=O)NCCC[N+](C)(CC1CN(C(=O)OC(C)(C)C)C1)CC1CN(C(=O)OC(C)(C)C)C1. The number of quaternary nitrogens is 1. The van der Waals surface area contributed by atoms with E-state index in [1.54, 1.807) is 38.7 Å². The number of fused-ring (bicyclic) bond motifs is 1. The topological polar surface area (TPSA) is 140 Å². The van der Waals surface area contributed by atoms with Crippen LogP contribution in [0.25, 0.3) is 16.9 Å². The molecule has 0 aliphatic carbocycles. The molecular formula is C44H59F2N8O6+. The van der Waals surface area contributed by atoms with Gasteiger partial charge in [-0.15, -0.1) is 0 Å². The molecule has 324 valence electrons. The summed E-state index contributed by atoms with van der Waals surface area (Å²) in [5.41, 5.74) is 1.77. The minimum Gasteiger partial charge on any atom is -0.494 e. The van der Waals surface area contributed by atoms with Gasteiger partial charge >= 0.3 is 12.2 Å². The van der Waals surface area contributed by atoms with Crippen LogP contribution >= 0.6 is 0 Å². The molecule has 2 aliphatic heterocycles. The third-order valence-electron chi connectivity index (χ3n) is 10.7. The van der Waals surface area contributed by atoms with Gasteiger partial charge in [-0.05, 0) is 83.9 Å². The maximum absolute atomic E-state index is 15.0. The van der Waals surface area contributed by atoms with Crippen LogP contribution in [0.1, 0.15) is 70.8 Å². The van der Waals surface area contributed by atoms with Crippen molar-refractivity contribution in [3.8, 4) is 17.0 Å². The molecule has 3 amide bonds. The van der Waals surface area contributed by atoms with Gasteiger partial charge in [0.25, 0.3) is 5.91 Å². The minimum absolute atomic E-state index is 0.0279. The number of hydrogen-bond acceptors (Lipinski definition) is 9. The Bertz CT molecular complexity index is 2160. The number of carbonyl (C=O) groups excluding carboxylic acids is 3. The molecule has 16 heteroatoms. The minimum atomic E-state index is -1.08. The lowest BCUT2D eigenvalue weighted by molar-refractivity contribution is -0.917. The zero-order chi connectivity index (χ0) is 43.6. The van der Waals surface area contributed by atoms with E-state index in [0.717, 1.165) is 36.1 Å². The molecule has 0 bridgehead atoms. The maximum Gasteiger partial charge on any atom is 0.410 e. The first-order chi connectivity index (χ1) is 28.3. The van der Waals surface area contributed by atoms with Gasteiger partial charge in [0.05, 0.1) is 45.7 Å². The number of anilines is 2. The van der Waals surface area contributed by atoms with Gasteiger partial charge in [-0.25, -0.2) is 23.9 Å². The van der Waals surface area contributed by atoms with Crippen molar-refractivity contribution in [3.05, 3.63) is 71.7 Å². The fourth-order valence-electron chi connectivity index (χ4n) is 8.00.